The fourth-order valence-corrected chi connectivity index (χ4v) is 4.22. The first kappa shape index (κ1) is 16.3. The summed E-state index contributed by atoms with van der Waals surface area (Å²) in [5.74, 6) is -2.25. The van der Waals surface area contributed by atoms with Gasteiger partial charge in [-0.2, -0.15) is 0 Å². The normalized spacial score (nSPS) is 19.2. The van der Waals surface area contributed by atoms with Gasteiger partial charge in [0.1, 0.15) is 0 Å². The molecule has 7 heteroatoms. The third kappa shape index (κ3) is 3.78. The van der Waals surface area contributed by atoms with E-state index in [1.54, 1.807) is 0 Å². The lowest BCUT2D eigenvalue weighted by atomic mass is 9.92. The summed E-state index contributed by atoms with van der Waals surface area (Å²) in [5, 5.41) is 0. The van der Waals surface area contributed by atoms with E-state index in [0.29, 0.717) is 18.9 Å². The second-order valence-electron chi connectivity index (χ2n) is 5.58. The molecule has 0 radical (unpaired) electrons. The van der Waals surface area contributed by atoms with E-state index in [1.807, 2.05) is 0 Å². The number of benzene rings is 1. The number of nitrogens with two attached hydrogens (primary N) is 1. The van der Waals surface area contributed by atoms with E-state index in [2.05, 4.69) is 4.72 Å². The Labute approximate surface area is 123 Å². The fraction of sp³-hybridized carbons (Fsp3) is 0.571. The van der Waals surface area contributed by atoms with Gasteiger partial charge < -0.3 is 5.73 Å². The molecule has 0 heterocycles. The predicted octanol–water partition coefficient (Wildman–Crippen LogP) is 2.29. The third-order valence-electron chi connectivity index (χ3n) is 4.00. The first-order valence-electron chi connectivity index (χ1n) is 7.08. The topological polar surface area (TPSA) is 72.2 Å². The van der Waals surface area contributed by atoms with Gasteiger partial charge in [-0.15, -0.1) is 0 Å². The molecule has 1 aromatic carbocycles. The Balaban J connectivity index is 2.27. The van der Waals surface area contributed by atoms with Gasteiger partial charge in [0.15, 0.2) is 11.6 Å². The zero-order valence-electron chi connectivity index (χ0n) is 11.7. The van der Waals surface area contributed by atoms with Crippen LogP contribution < -0.4 is 10.5 Å². The zero-order chi connectivity index (χ0) is 15.5. The van der Waals surface area contributed by atoms with E-state index >= 15 is 0 Å². The molecule has 118 valence electrons. The number of halogens is 2. The van der Waals surface area contributed by atoms with Gasteiger partial charge in [0.05, 0.1) is 4.90 Å². The summed E-state index contributed by atoms with van der Waals surface area (Å²) in [6, 6.07) is 2.56. The van der Waals surface area contributed by atoms with Crippen LogP contribution in [0.15, 0.2) is 23.1 Å². The second kappa shape index (κ2) is 6.37. The highest BCUT2D eigenvalue weighted by molar-refractivity contribution is 7.89. The molecule has 1 aromatic rings. The van der Waals surface area contributed by atoms with Crippen molar-refractivity contribution in [2.75, 3.05) is 6.54 Å². The van der Waals surface area contributed by atoms with Crippen LogP contribution in [0.4, 0.5) is 8.78 Å². The summed E-state index contributed by atoms with van der Waals surface area (Å²) in [6.45, 7) is 0.190. The molecule has 1 aliphatic carbocycles. The van der Waals surface area contributed by atoms with E-state index < -0.39 is 27.2 Å². The zero-order valence-corrected chi connectivity index (χ0v) is 12.6. The van der Waals surface area contributed by atoms with Crippen LogP contribution in [0, 0.1) is 11.6 Å². The van der Waals surface area contributed by atoms with E-state index in [0.717, 1.165) is 37.8 Å². The Morgan fingerprint density at radius 3 is 2.24 bits per heavy atom. The minimum atomic E-state index is -3.92. The highest BCUT2D eigenvalue weighted by Crippen LogP contribution is 2.28. The van der Waals surface area contributed by atoms with E-state index in [9.17, 15) is 17.2 Å². The first-order chi connectivity index (χ1) is 9.88. The summed E-state index contributed by atoms with van der Waals surface area (Å²) >= 11 is 0. The molecule has 0 aliphatic heterocycles. The van der Waals surface area contributed by atoms with Crippen LogP contribution >= 0.6 is 0 Å². The summed E-state index contributed by atoms with van der Waals surface area (Å²) in [4.78, 5) is -0.279. The van der Waals surface area contributed by atoms with Crippen LogP contribution in [0.25, 0.3) is 0 Å². The molecule has 1 aliphatic rings. The maximum absolute atomic E-state index is 13.2. The summed E-state index contributed by atoms with van der Waals surface area (Å²) in [5.41, 5.74) is 5.09. The monoisotopic (exact) mass is 318 g/mol. The van der Waals surface area contributed by atoms with Crippen molar-refractivity contribution in [3.63, 3.8) is 0 Å². The minimum absolute atomic E-state index is 0.190. The summed E-state index contributed by atoms with van der Waals surface area (Å²) < 4.78 is 53.6. The van der Waals surface area contributed by atoms with Gasteiger partial charge in [-0.05, 0) is 31.0 Å². The van der Waals surface area contributed by atoms with E-state index in [-0.39, 0.29) is 11.4 Å². The predicted molar refractivity (Wildman–Crippen MR) is 76.2 cm³/mol. The van der Waals surface area contributed by atoms with Crippen LogP contribution in [-0.4, -0.2) is 20.5 Å². The van der Waals surface area contributed by atoms with Gasteiger partial charge >= 0.3 is 0 Å². The average molecular weight is 318 g/mol. The van der Waals surface area contributed by atoms with Crippen molar-refractivity contribution in [3.05, 3.63) is 29.8 Å². The van der Waals surface area contributed by atoms with Gasteiger partial charge in [-0.3, -0.25) is 0 Å². The number of nitrogens with one attached hydrogen (secondary N) is 1. The summed E-state index contributed by atoms with van der Waals surface area (Å²) in [7, 11) is -3.92. The molecule has 1 fully saturated rings. The second-order valence-corrected chi connectivity index (χ2v) is 7.26. The lowest BCUT2D eigenvalue weighted by molar-refractivity contribution is 0.342. The van der Waals surface area contributed by atoms with E-state index in [4.69, 9.17) is 5.73 Å². The lowest BCUT2D eigenvalue weighted by Gasteiger charge is -2.32. The van der Waals surface area contributed by atoms with Gasteiger partial charge in [0.25, 0.3) is 0 Å². The van der Waals surface area contributed by atoms with Crippen LogP contribution in [0.5, 0.6) is 0 Å². The van der Waals surface area contributed by atoms with E-state index in [1.165, 1.54) is 0 Å². The molecule has 4 nitrogen and oxygen atoms in total. The number of hydrogen-bond acceptors (Lipinski definition) is 3. The third-order valence-corrected chi connectivity index (χ3v) is 5.58. The molecular formula is C14H20F2N2O2S. The molecule has 2 rings (SSSR count). The van der Waals surface area contributed by atoms with Crippen molar-refractivity contribution in [3.8, 4) is 0 Å². The van der Waals surface area contributed by atoms with Crippen LogP contribution in [0.1, 0.15) is 38.5 Å². The van der Waals surface area contributed by atoms with Crippen LogP contribution in [0.2, 0.25) is 0 Å². The molecule has 21 heavy (non-hydrogen) atoms. The fourth-order valence-electron chi connectivity index (χ4n) is 2.74. The molecule has 0 spiro atoms. The highest BCUT2D eigenvalue weighted by Gasteiger charge is 2.34. The minimum Gasteiger partial charge on any atom is -0.329 e. The van der Waals surface area contributed by atoms with Gasteiger partial charge in [-0.25, -0.2) is 21.9 Å². The van der Waals surface area contributed by atoms with Gasteiger partial charge in [-0.1, -0.05) is 25.7 Å². The number of hydrogen-bond donors (Lipinski definition) is 2. The number of rotatable bonds is 4. The Morgan fingerprint density at radius 2 is 1.71 bits per heavy atom. The molecular weight excluding hydrogens is 298 g/mol. The smallest absolute Gasteiger partial charge is 0.241 e. The average Bonchev–Trinajstić information content (AvgIpc) is 2.67. The van der Waals surface area contributed by atoms with Crippen molar-refractivity contribution in [1.82, 2.24) is 4.72 Å². The van der Waals surface area contributed by atoms with Crippen molar-refractivity contribution in [2.45, 2.75) is 49.0 Å². The Kier molecular flexibility index (Phi) is 4.95. The van der Waals surface area contributed by atoms with Crippen molar-refractivity contribution in [1.29, 1.82) is 0 Å². The van der Waals surface area contributed by atoms with Crippen LogP contribution in [-0.2, 0) is 10.0 Å². The SMILES string of the molecule is NCC1(NS(=O)(=O)c2ccc(F)c(F)c2)CCCCCC1. The molecule has 1 saturated carbocycles. The first-order valence-corrected chi connectivity index (χ1v) is 8.56. The summed E-state index contributed by atoms with van der Waals surface area (Å²) in [6.07, 6.45) is 5.22. The molecule has 0 amide bonds. The maximum Gasteiger partial charge on any atom is 0.241 e. The molecule has 0 atom stereocenters. The number of sulfonamides is 1. The standard InChI is InChI=1S/C14H20F2N2O2S/c15-12-6-5-11(9-13(12)16)21(19,20)18-14(10-17)7-3-1-2-4-8-14/h5-6,9,18H,1-4,7-8,10,17H2. The largest absolute Gasteiger partial charge is 0.329 e. The molecule has 0 unspecified atom stereocenters. The Bertz CT molecular complexity index is 597. The lowest BCUT2D eigenvalue weighted by Crippen LogP contribution is -2.53. The quantitative estimate of drug-likeness (QED) is 0.837. The Hall–Kier alpha value is -1.05. The van der Waals surface area contributed by atoms with Crippen LogP contribution in [0.3, 0.4) is 0 Å². The Morgan fingerprint density at radius 1 is 1.10 bits per heavy atom. The maximum atomic E-state index is 13.2. The molecule has 3 N–H and O–H groups in total. The van der Waals surface area contributed by atoms with Crippen molar-refractivity contribution < 1.29 is 17.2 Å². The van der Waals surface area contributed by atoms with Gasteiger partial charge in [0.2, 0.25) is 10.0 Å². The molecule has 0 bridgehead atoms. The van der Waals surface area contributed by atoms with Gasteiger partial charge in [0, 0.05) is 12.1 Å². The van der Waals surface area contributed by atoms with Crippen molar-refractivity contribution >= 4 is 10.0 Å². The molecule has 0 saturated heterocycles. The van der Waals surface area contributed by atoms with Crippen molar-refractivity contribution in [2.24, 2.45) is 5.73 Å². The highest BCUT2D eigenvalue weighted by atomic mass is 32.2. The molecule has 0 aromatic heterocycles.